The molecule has 7 nitrogen and oxygen atoms in total. The summed E-state index contributed by atoms with van der Waals surface area (Å²) in [6.45, 7) is 3.59. The molecule has 0 bridgehead atoms. The van der Waals surface area contributed by atoms with E-state index in [-0.39, 0.29) is 24.3 Å². The minimum Gasteiger partial charge on any atom is -0.493 e. The number of rotatable bonds is 6. The Bertz CT molecular complexity index is 757. The Morgan fingerprint density at radius 1 is 1.28 bits per heavy atom. The lowest BCUT2D eigenvalue weighted by Crippen LogP contribution is -2.38. The van der Waals surface area contributed by atoms with Gasteiger partial charge in [0.2, 0.25) is 0 Å². The summed E-state index contributed by atoms with van der Waals surface area (Å²) in [5.74, 6) is 0.145. The minimum absolute atomic E-state index is 0. The molecule has 0 aliphatic heterocycles. The standard InChI is InChI=1S/C17H25N5O2.ClH/c1-11-8-12(24-7-5-6-21(2)3)9-14-13(11)10-15(20-14)16(23)22(4)17(18)19;/h8-10,20H,5-7H2,1-4H3,(H3,18,19);1H. The fourth-order valence-corrected chi connectivity index (χ4v) is 2.45. The van der Waals surface area contributed by atoms with Crippen LogP contribution in [-0.2, 0) is 0 Å². The smallest absolute Gasteiger partial charge is 0.276 e. The van der Waals surface area contributed by atoms with Crippen molar-refractivity contribution < 1.29 is 9.53 Å². The first kappa shape index (κ1) is 20.8. The maximum absolute atomic E-state index is 12.3. The first-order chi connectivity index (χ1) is 11.3. The van der Waals surface area contributed by atoms with Gasteiger partial charge in [-0.05, 0) is 45.1 Å². The molecule has 0 unspecified atom stereocenters. The number of hydrogen-bond acceptors (Lipinski definition) is 4. The molecule has 0 saturated heterocycles. The number of nitrogens with zero attached hydrogens (tertiary/aromatic N) is 2. The molecule has 0 spiro atoms. The Morgan fingerprint density at radius 3 is 2.56 bits per heavy atom. The number of aromatic amines is 1. The summed E-state index contributed by atoms with van der Waals surface area (Å²) in [5.41, 5.74) is 7.62. The lowest BCUT2D eigenvalue weighted by molar-refractivity contribution is 0.0864. The SMILES string of the molecule is Cc1cc(OCCCN(C)C)cc2[nH]c(C(=O)N(C)C(=N)N)cc12.Cl. The van der Waals surface area contributed by atoms with E-state index in [4.69, 9.17) is 15.9 Å². The lowest BCUT2D eigenvalue weighted by Gasteiger charge is -2.12. The van der Waals surface area contributed by atoms with E-state index in [2.05, 4.69) is 9.88 Å². The Morgan fingerprint density at radius 2 is 1.96 bits per heavy atom. The van der Waals surface area contributed by atoms with Gasteiger partial charge < -0.3 is 20.4 Å². The molecule has 138 valence electrons. The number of carbonyl (C=O) groups is 1. The van der Waals surface area contributed by atoms with Crippen molar-refractivity contribution in [3.8, 4) is 5.75 Å². The summed E-state index contributed by atoms with van der Waals surface area (Å²) in [4.78, 5) is 18.6. The fourth-order valence-electron chi connectivity index (χ4n) is 2.45. The summed E-state index contributed by atoms with van der Waals surface area (Å²) in [6, 6.07) is 5.64. The highest BCUT2D eigenvalue weighted by molar-refractivity contribution is 6.06. The van der Waals surface area contributed by atoms with E-state index >= 15 is 0 Å². The molecule has 0 saturated carbocycles. The van der Waals surface area contributed by atoms with Crippen LogP contribution in [0.15, 0.2) is 18.2 Å². The van der Waals surface area contributed by atoms with Crippen molar-refractivity contribution in [2.75, 3.05) is 34.3 Å². The van der Waals surface area contributed by atoms with Crippen molar-refractivity contribution >= 4 is 35.2 Å². The Labute approximate surface area is 154 Å². The van der Waals surface area contributed by atoms with Gasteiger partial charge >= 0.3 is 0 Å². The molecule has 1 heterocycles. The number of aryl methyl sites for hydroxylation is 1. The number of hydrogen-bond donors (Lipinski definition) is 3. The largest absolute Gasteiger partial charge is 0.493 e. The second kappa shape index (κ2) is 8.73. The van der Waals surface area contributed by atoms with Crippen LogP contribution in [0.1, 0.15) is 22.5 Å². The third kappa shape index (κ3) is 5.11. The molecular formula is C17H26ClN5O2. The summed E-state index contributed by atoms with van der Waals surface area (Å²) >= 11 is 0. The minimum atomic E-state index is -0.341. The van der Waals surface area contributed by atoms with Gasteiger partial charge in [-0.1, -0.05) is 0 Å². The van der Waals surface area contributed by atoms with Crippen LogP contribution in [0.5, 0.6) is 5.75 Å². The molecule has 0 atom stereocenters. The van der Waals surface area contributed by atoms with Gasteiger partial charge in [0.05, 0.1) is 6.61 Å². The molecule has 1 aromatic carbocycles. The Hall–Kier alpha value is -2.25. The van der Waals surface area contributed by atoms with E-state index in [1.807, 2.05) is 33.2 Å². The van der Waals surface area contributed by atoms with Crippen LogP contribution in [-0.4, -0.2) is 60.9 Å². The van der Waals surface area contributed by atoms with E-state index in [9.17, 15) is 4.79 Å². The number of nitrogens with one attached hydrogen (secondary N) is 2. The Kier molecular flexibility index (Phi) is 7.26. The summed E-state index contributed by atoms with van der Waals surface area (Å²) in [7, 11) is 5.54. The highest BCUT2D eigenvalue weighted by Gasteiger charge is 2.17. The summed E-state index contributed by atoms with van der Waals surface area (Å²) in [6.07, 6.45) is 0.946. The number of fused-ring (bicyclic) bond motifs is 1. The lowest BCUT2D eigenvalue weighted by atomic mass is 10.1. The van der Waals surface area contributed by atoms with Gasteiger partial charge in [-0.15, -0.1) is 12.4 Å². The normalized spacial score (nSPS) is 10.6. The molecule has 2 rings (SSSR count). The van der Waals surface area contributed by atoms with Gasteiger partial charge in [-0.25, -0.2) is 0 Å². The van der Waals surface area contributed by atoms with Crippen LogP contribution < -0.4 is 10.5 Å². The number of aromatic nitrogens is 1. The number of carbonyl (C=O) groups excluding carboxylic acids is 1. The highest BCUT2D eigenvalue weighted by Crippen LogP contribution is 2.26. The molecule has 2 aromatic rings. The van der Waals surface area contributed by atoms with Crippen LogP contribution in [0.2, 0.25) is 0 Å². The van der Waals surface area contributed by atoms with Gasteiger partial charge in [-0.2, -0.15) is 0 Å². The van der Waals surface area contributed by atoms with Crippen molar-refractivity contribution in [2.24, 2.45) is 5.73 Å². The maximum atomic E-state index is 12.3. The van der Waals surface area contributed by atoms with E-state index in [0.717, 1.165) is 40.1 Å². The van der Waals surface area contributed by atoms with Crippen LogP contribution in [0.25, 0.3) is 10.9 Å². The summed E-state index contributed by atoms with van der Waals surface area (Å²) in [5, 5.41) is 8.32. The summed E-state index contributed by atoms with van der Waals surface area (Å²) < 4.78 is 5.80. The number of H-pyrrole nitrogens is 1. The van der Waals surface area contributed by atoms with E-state index in [1.165, 1.54) is 7.05 Å². The highest BCUT2D eigenvalue weighted by atomic mass is 35.5. The average molecular weight is 368 g/mol. The van der Waals surface area contributed by atoms with Crippen molar-refractivity contribution in [1.29, 1.82) is 5.41 Å². The number of halogens is 1. The molecule has 0 radical (unpaired) electrons. The monoisotopic (exact) mass is 367 g/mol. The second-order valence-electron chi connectivity index (χ2n) is 6.14. The van der Waals surface area contributed by atoms with Crippen LogP contribution in [0.3, 0.4) is 0 Å². The number of benzene rings is 1. The van der Waals surface area contributed by atoms with Crippen molar-refractivity contribution in [1.82, 2.24) is 14.8 Å². The molecule has 1 aromatic heterocycles. The molecule has 0 aliphatic rings. The fraction of sp³-hybridized carbons (Fsp3) is 0.412. The van der Waals surface area contributed by atoms with Crippen LogP contribution in [0.4, 0.5) is 0 Å². The Balaban J connectivity index is 0.00000312. The molecule has 1 amide bonds. The van der Waals surface area contributed by atoms with Crippen molar-refractivity contribution in [3.05, 3.63) is 29.5 Å². The third-order valence-electron chi connectivity index (χ3n) is 3.83. The first-order valence-electron chi connectivity index (χ1n) is 7.82. The molecule has 0 aliphatic carbocycles. The van der Waals surface area contributed by atoms with Crippen molar-refractivity contribution in [3.63, 3.8) is 0 Å². The number of guanidine groups is 1. The second-order valence-corrected chi connectivity index (χ2v) is 6.14. The molecule has 8 heteroatoms. The zero-order valence-corrected chi connectivity index (χ0v) is 15.9. The molecule has 4 N–H and O–H groups in total. The first-order valence-corrected chi connectivity index (χ1v) is 7.82. The van der Waals surface area contributed by atoms with E-state index in [1.54, 1.807) is 6.07 Å². The van der Waals surface area contributed by atoms with Crippen LogP contribution in [0, 0.1) is 12.3 Å². The number of amides is 1. The topological polar surface area (TPSA) is 98.4 Å². The van der Waals surface area contributed by atoms with Gasteiger partial charge in [0.1, 0.15) is 11.4 Å². The van der Waals surface area contributed by atoms with Gasteiger partial charge in [0, 0.05) is 30.6 Å². The van der Waals surface area contributed by atoms with Gasteiger partial charge in [0.25, 0.3) is 5.91 Å². The van der Waals surface area contributed by atoms with Gasteiger partial charge in [-0.3, -0.25) is 15.1 Å². The number of ether oxygens (including phenoxy) is 1. The van der Waals surface area contributed by atoms with Crippen LogP contribution >= 0.6 is 12.4 Å². The molecule has 25 heavy (non-hydrogen) atoms. The predicted octanol–water partition coefficient (Wildman–Crippen LogP) is 2.19. The van der Waals surface area contributed by atoms with Crippen molar-refractivity contribution in [2.45, 2.75) is 13.3 Å². The van der Waals surface area contributed by atoms with E-state index < -0.39 is 0 Å². The zero-order chi connectivity index (χ0) is 17.9. The third-order valence-corrected chi connectivity index (χ3v) is 3.83. The maximum Gasteiger partial charge on any atom is 0.276 e. The number of nitrogens with two attached hydrogens (primary N) is 1. The van der Waals surface area contributed by atoms with E-state index in [0.29, 0.717) is 12.3 Å². The molecular weight excluding hydrogens is 342 g/mol. The predicted molar refractivity (Wildman–Crippen MR) is 103 cm³/mol. The quantitative estimate of drug-likeness (QED) is 0.414. The van der Waals surface area contributed by atoms with Gasteiger partial charge in [0.15, 0.2) is 5.96 Å². The molecule has 0 fully saturated rings. The average Bonchev–Trinajstić information content (AvgIpc) is 2.94. The zero-order valence-electron chi connectivity index (χ0n) is 15.0.